The minimum atomic E-state index is -2.48. The number of hydrogen-bond donors (Lipinski definition) is 8. The van der Waals surface area contributed by atoms with Gasteiger partial charge in [-0.15, -0.1) is 0 Å². The molecule has 2 amide bonds. The summed E-state index contributed by atoms with van der Waals surface area (Å²) in [5.74, 6) is -1.93. The maximum absolute atomic E-state index is 13.0. The largest absolute Gasteiger partial charge is 0.507 e. The van der Waals surface area contributed by atoms with Crippen molar-refractivity contribution in [3.63, 3.8) is 0 Å². The topological polar surface area (TPSA) is 215 Å². The van der Waals surface area contributed by atoms with E-state index in [1.807, 2.05) is 0 Å². The van der Waals surface area contributed by atoms with Gasteiger partial charge in [-0.05, 0) is 44.5 Å². The average Bonchev–Trinajstić information content (AvgIpc) is 3.03. The van der Waals surface area contributed by atoms with Gasteiger partial charge in [-0.2, -0.15) is 0 Å². The fourth-order valence-corrected chi connectivity index (χ4v) is 5.49. The van der Waals surface area contributed by atoms with Crippen molar-refractivity contribution in [3.05, 3.63) is 59.2 Å². The highest BCUT2D eigenvalue weighted by Gasteiger charge is 2.76. The van der Waals surface area contributed by atoms with E-state index in [0.29, 0.717) is 5.56 Å². The molecule has 13 heteroatoms. The fourth-order valence-electron chi connectivity index (χ4n) is 5.49. The van der Waals surface area contributed by atoms with E-state index in [2.05, 4.69) is 10.6 Å². The van der Waals surface area contributed by atoms with Crippen LogP contribution in [0.1, 0.15) is 40.1 Å². The first-order valence-electron chi connectivity index (χ1n) is 12.9. The first-order chi connectivity index (χ1) is 19.0. The van der Waals surface area contributed by atoms with Crippen molar-refractivity contribution in [2.75, 3.05) is 32.6 Å². The van der Waals surface area contributed by atoms with Gasteiger partial charge in [0.2, 0.25) is 0 Å². The van der Waals surface area contributed by atoms with E-state index in [1.165, 1.54) is 57.4 Å². The zero-order valence-electron chi connectivity index (χ0n) is 23.6. The van der Waals surface area contributed by atoms with Gasteiger partial charge >= 0.3 is 12.0 Å². The van der Waals surface area contributed by atoms with Crippen molar-refractivity contribution < 1.29 is 44.7 Å². The number of carbonyl (C=O) groups excluding carboxylic acids is 3. The van der Waals surface area contributed by atoms with Crippen molar-refractivity contribution in [2.24, 2.45) is 5.73 Å². The number of benzene rings is 2. The number of nitrogens with one attached hydrogen (secondary N) is 2. The minimum absolute atomic E-state index is 0.142. The van der Waals surface area contributed by atoms with Crippen LogP contribution in [0.3, 0.4) is 0 Å². The summed E-state index contributed by atoms with van der Waals surface area (Å²) in [5, 5.41) is 60.3. The van der Waals surface area contributed by atoms with E-state index in [9.17, 15) is 39.9 Å². The summed E-state index contributed by atoms with van der Waals surface area (Å²) in [5.41, 5.74) is 0.224. The highest BCUT2D eigenvalue weighted by atomic mass is 16.5. The number of esters is 1. The molecule has 1 saturated carbocycles. The molecule has 1 fully saturated rings. The number of ketones is 1. The lowest BCUT2D eigenvalue weighted by Crippen LogP contribution is -2.76. The minimum Gasteiger partial charge on any atom is -0.507 e. The Morgan fingerprint density at radius 3 is 2.34 bits per heavy atom. The molecular formula is C28H38N4O9. The van der Waals surface area contributed by atoms with Crippen LogP contribution in [-0.4, -0.2) is 110 Å². The zero-order valence-corrected chi connectivity index (χ0v) is 23.6. The molecule has 1 aliphatic carbocycles. The maximum atomic E-state index is 13.0. The second-order valence-corrected chi connectivity index (χ2v) is 10.7. The highest BCUT2D eigenvalue weighted by molar-refractivity contribution is 5.97. The van der Waals surface area contributed by atoms with E-state index < -0.39 is 65.9 Å². The number of urea groups is 1. The van der Waals surface area contributed by atoms with Gasteiger partial charge in [-0.3, -0.25) is 4.79 Å². The molecule has 224 valence electrons. The molecule has 9 N–H and O–H groups in total. The third-order valence-corrected chi connectivity index (χ3v) is 7.96. The van der Waals surface area contributed by atoms with E-state index in [0.717, 1.165) is 11.8 Å². The van der Waals surface area contributed by atoms with Crippen LogP contribution in [0, 0.1) is 6.92 Å². The normalized spacial score (nSPS) is 28.0. The van der Waals surface area contributed by atoms with E-state index in [4.69, 9.17) is 10.5 Å². The number of anilines is 1. The number of ether oxygens (including phenoxy) is 1. The molecule has 41 heavy (non-hydrogen) atoms. The second kappa shape index (κ2) is 11.6. The summed E-state index contributed by atoms with van der Waals surface area (Å²) >= 11 is 0. The molecule has 0 bridgehead atoms. The first kappa shape index (κ1) is 31.8. The number of aliphatic hydroxyl groups excluding tert-OH is 2. The Labute approximate surface area is 237 Å². The molecule has 6 atom stereocenters. The molecule has 0 heterocycles. The average molecular weight is 575 g/mol. The van der Waals surface area contributed by atoms with Gasteiger partial charge in [-0.1, -0.05) is 24.3 Å². The predicted octanol–water partition coefficient (Wildman–Crippen LogP) is -0.273. The summed E-state index contributed by atoms with van der Waals surface area (Å²) in [6.45, 7) is 2.38. The van der Waals surface area contributed by atoms with E-state index >= 15 is 0 Å². The molecule has 0 radical (unpaired) electrons. The first-order valence-corrected chi connectivity index (χ1v) is 12.9. The SMILES string of the molecule is Cc1cccc(O)c1C(=O)OCC1(O)C(Nc2cccc(C(=O)CO)c2)C(N)C(NC(=O)N(C)C)(C(C)O)C1(C)O. The number of aromatic hydroxyl groups is 1. The number of rotatable bonds is 9. The molecule has 3 rings (SSSR count). The number of hydrogen-bond acceptors (Lipinski definition) is 11. The van der Waals surface area contributed by atoms with Crippen LogP contribution >= 0.6 is 0 Å². The van der Waals surface area contributed by atoms with E-state index in [-0.39, 0.29) is 22.6 Å². The van der Waals surface area contributed by atoms with Crippen molar-refractivity contribution in [1.82, 2.24) is 10.2 Å². The number of phenols is 1. The highest BCUT2D eigenvalue weighted by Crippen LogP contribution is 2.49. The molecule has 0 saturated heterocycles. The number of phenolic OH excluding ortho intramolecular Hbond substituents is 1. The lowest BCUT2D eigenvalue weighted by Gasteiger charge is -2.48. The van der Waals surface area contributed by atoms with Crippen molar-refractivity contribution >= 4 is 23.5 Å². The molecule has 2 aromatic carbocycles. The molecule has 13 nitrogen and oxygen atoms in total. The Balaban J connectivity index is 2.13. The van der Waals surface area contributed by atoms with Gasteiger partial charge in [0.05, 0.1) is 18.2 Å². The molecular weight excluding hydrogens is 536 g/mol. The molecule has 6 unspecified atom stereocenters. The molecule has 0 spiro atoms. The van der Waals surface area contributed by atoms with Crippen molar-refractivity contribution in [3.8, 4) is 5.75 Å². The lowest BCUT2D eigenvalue weighted by atomic mass is 9.73. The number of carbonyl (C=O) groups is 3. The van der Waals surface area contributed by atoms with E-state index in [1.54, 1.807) is 13.0 Å². The number of nitrogens with two attached hydrogens (primary N) is 1. The van der Waals surface area contributed by atoms with Crippen LogP contribution in [0.2, 0.25) is 0 Å². The predicted molar refractivity (Wildman–Crippen MR) is 149 cm³/mol. The van der Waals surface area contributed by atoms with Crippen molar-refractivity contribution in [1.29, 1.82) is 0 Å². The Morgan fingerprint density at radius 2 is 1.78 bits per heavy atom. The van der Waals surface area contributed by atoms with Crippen LogP contribution in [0.25, 0.3) is 0 Å². The summed E-state index contributed by atoms with van der Waals surface area (Å²) in [7, 11) is 2.87. The number of amides is 2. The van der Waals surface area contributed by atoms with Gasteiger partial charge in [-0.25, -0.2) is 9.59 Å². The monoisotopic (exact) mass is 574 g/mol. The zero-order chi connectivity index (χ0) is 30.9. The summed E-state index contributed by atoms with van der Waals surface area (Å²) < 4.78 is 5.44. The molecule has 0 aliphatic heterocycles. The maximum Gasteiger partial charge on any atom is 0.342 e. The van der Waals surface area contributed by atoms with Crippen LogP contribution in [0.4, 0.5) is 10.5 Å². The summed E-state index contributed by atoms with van der Waals surface area (Å²) in [6.07, 6.45) is -1.55. The van der Waals surface area contributed by atoms with Gasteiger partial charge in [0.1, 0.15) is 35.7 Å². The fraction of sp³-hybridized carbons (Fsp3) is 0.464. The van der Waals surface area contributed by atoms with Crippen molar-refractivity contribution in [2.45, 2.75) is 55.7 Å². The van der Waals surface area contributed by atoms with Crippen LogP contribution < -0.4 is 16.4 Å². The smallest absolute Gasteiger partial charge is 0.342 e. The van der Waals surface area contributed by atoms with Crippen LogP contribution in [0.5, 0.6) is 5.75 Å². The van der Waals surface area contributed by atoms with Crippen LogP contribution in [0.15, 0.2) is 42.5 Å². The third-order valence-electron chi connectivity index (χ3n) is 7.96. The Hall–Kier alpha value is -3.75. The standard InChI is InChI=1S/C28H38N4O9/c1-15-8-6-11-19(35)21(15)24(37)41-14-27(40)23(30-18-10-7-9-17(12-18)20(36)13-33)22(29)28(16(2)34,26(27,3)39)31-25(38)32(4)5/h6-12,16,22-23,30,33-35,39-40H,13-14,29H2,1-5H3,(H,31,38). The number of aryl methyl sites for hydroxylation is 1. The third kappa shape index (κ3) is 5.34. The number of aliphatic hydroxyl groups is 4. The van der Waals surface area contributed by atoms with Gasteiger partial charge in [0, 0.05) is 25.3 Å². The van der Waals surface area contributed by atoms with Gasteiger partial charge in [0.15, 0.2) is 11.4 Å². The number of nitrogens with zero attached hydrogens (tertiary/aromatic N) is 1. The Morgan fingerprint density at radius 1 is 1.15 bits per heavy atom. The van der Waals surface area contributed by atoms with Gasteiger partial charge < -0.3 is 51.5 Å². The molecule has 2 aromatic rings. The molecule has 0 aromatic heterocycles. The van der Waals surface area contributed by atoms with Crippen LogP contribution in [-0.2, 0) is 4.74 Å². The second-order valence-electron chi connectivity index (χ2n) is 10.7. The lowest BCUT2D eigenvalue weighted by molar-refractivity contribution is -0.186. The summed E-state index contributed by atoms with van der Waals surface area (Å²) in [4.78, 5) is 39.1. The Kier molecular flexibility index (Phi) is 9.01. The molecule has 1 aliphatic rings. The summed E-state index contributed by atoms with van der Waals surface area (Å²) in [6, 6.07) is 6.74. The number of Topliss-reactive ketones (excluding diaryl/α,β-unsaturated/α-hetero) is 1. The Bertz CT molecular complexity index is 1290. The quantitative estimate of drug-likeness (QED) is 0.144. The van der Waals surface area contributed by atoms with Gasteiger partial charge in [0.25, 0.3) is 0 Å².